The van der Waals surface area contributed by atoms with E-state index in [0.717, 1.165) is 43.8 Å². The van der Waals surface area contributed by atoms with E-state index in [1.165, 1.54) is 18.2 Å². The average Bonchev–Trinajstić information content (AvgIpc) is 2.92. The minimum absolute atomic E-state index is 0.00873. The van der Waals surface area contributed by atoms with Gasteiger partial charge in [-0.1, -0.05) is 32.0 Å². The molecule has 1 aliphatic rings. The van der Waals surface area contributed by atoms with E-state index in [4.69, 9.17) is 10.7 Å². The summed E-state index contributed by atoms with van der Waals surface area (Å²) in [4.78, 5) is 18.4. The number of anilines is 3. The monoisotopic (exact) mass is 535 g/mol. The molecule has 1 aromatic heterocycles. The molecule has 10 heteroatoms. The zero-order chi connectivity index (χ0) is 28.3. The number of nitrogens with one attached hydrogen (secondary N) is 2. The van der Waals surface area contributed by atoms with Crippen molar-refractivity contribution in [2.45, 2.75) is 32.9 Å². The fraction of sp³-hybridized carbons (Fsp3) is 0.310. The maximum absolute atomic E-state index is 13.3. The van der Waals surface area contributed by atoms with Gasteiger partial charge in [0.15, 0.2) is 5.69 Å². The van der Waals surface area contributed by atoms with Crippen LogP contribution in [0, 0.1) is 28.6 Å². The first kappa shape index (κ1) is 27.6. The lowest BCUT2D eigenvalue weighted by molar-refractivity contribution is -0.137. The summed E-state index contributed by atoms with van der Waals surface area (Å²) in [6, 6.07) is 15.7. The Bertz CT molecular complexity index is 1420. The summed E-state index contributed by atoms with van der Waals surface area (Å²) in [6.45, 7) is 5.12. The Morgan fingerprint density at radius 2 is 1.82 bits per heavy atom. The quantitative estimate of drug-likeness (QED) is 0.282. The summed E-state index contributed by atoms with van der Waals surface area (Å²) < 4.78 is 39.9. The number of carbonyl (C=O) groups is 1. The smallest absolute Gasteiger partial charge is 0.416 e. The number of benzene rings is 2. The molecule has 0 aliphatic carbocycles. The molecule has 3 aromatic rings. The highest BCUT2D eigenvalue weighted by molar-refractivity contribution is 6.10. The Labute approximate surface area is 224 Å². The van der Waals surface area contributed by atoms with Gasteiger partial charge in [-0.15, -0.1) is 0 Å². The molecule has 0 atom stereocenters. The van der Waals surface area contributed by atoms with E-state index >= 15 is 0 Å². The lowest BCUT2D eigenvalue weighted by atomic mass is 9.91. The van der Waals surface area contributed by atoms with Crippen LogP contribution >= 0.6 is 0 Å². The number of rotatable bonds is 7. The van der Waals surface area contributed by atoms with Crippen LogP contribution in [0.15, 0.2) is 54.6 Å². The molecule has 0 amide bonds. The van der Waals surface area contributed by atoms with Gasteiger partial charge < -0.3 is 20.7 Å². The number of carboxylic acid groups (broad SMARTS) is 1. The van der Waals surface area contributed by atoms with E-state index in [-0.39, 0.29) is 34.7 Å². The molecular weight excluding hydrogens is 507 g/mol. The van der Waals surface area contributed by atoms with Gasteiger partial charge in [0.25, 0.3) is 0 Å². The summed E-state index contributed by atoms with van der Waals surface area (Å²) in [5.41, 5.74) is 1.42. The predicted molar refractivity (Wildman–Crippen MR) is 144 cm³/mol. The predicted octanol–water partition coefficient (Wildman–Crippen LogP) is 6.97. The van der Waals surface area contributed by atoms with Crippen molar-refractivity contribution in [1.82, 2.24) is 4.98 Å². The number of hydrogen-bond acceptors (Lipinski definition) is 6. The minimum atomic E-state index is -4.56. The first-order valence-corrected chi connectivity index (χ1v) is 12.5. The molecule has 0 spiro atoms. The van der Waals surface area contributed by atoms with Gasteiger partial charge >= 0.3 is 12.1 Å². The Hall–Kier alpha value is -4.39. The molecule has 7 nitrogen and oxygen atoms in total. The van der Waals surface area contributed by atoms with Gasteiger partial charge in [-0.05, 0) is 66.3 Å². The van der Waals surface area contributed by atoms with Crippen LogP contribution in [-0.4, -0.2) is 34.9 Å². The van der Waals surface area contributed by atoms with Crippen molar-refractivity contribution in [3.63, 3.8) is 0 Å². The number of aromatic carboxylic acids is 1. The van der Waals surface area contributed by atoms with Gasteiger partial charge in [-0.2, -0.15) is 18.4 Å². The lowest BCUT2D eigenvalue weighted by Gasteiger charge is -2.31. The van der Waals surface area contributed by atoms with Crippen molar-refractivity contribution >= 4 is 28.9 Å². The van der Waals surface area contributed by atoms with Crippen LogP contribution in [0.4, 0.5) is 30.4 Å². The molecule has 1 fully saturated rings. The van der Waals surface area contributed by atoms with Crippen LogP contribution in [0.5, 0.6) is 0 Å². The van der Waals surface area contributed by atoms with Crippen molar-refractivity contribution in [2.24, 2.45) is 11.8 Å². The van der Waals surface area contributed by atoms with Crippen molar-refractivity contribution in [3.05, 3.63) is 71.4 Å². The zero-order valence-corrected chi connectivity index (χ0v) is 21.5. The minimum Gasteiger partial charge on any atom is -0.477 e. The summed E-state index contributed by atoms with van der Waals surface area (Å²) in [6.07, 6.45) is -2.99. The van der Waals surface area contributed by atoms with Crippen LogP contribution in [0.3, 0.4) is 0 Å². The highest BCUT2D eigenvalue weighted by atomic mass is 19.4. The number of carboxylic acids is 1. The number of nitrogens with zero attached hydrogens (tertiary/aromatic N) is 3. The third kappa shape index (κ3) is 6.20. The van der Waals surface area contributed by atoms with Crippen LogP contribution in [0.2, 0.25) is 0 Å². The molecule has 0 bridgehead atoms. The largest absolute Gasteiger partial charge is 0.477 e. The standard InChI is InChI=1S/C29H28F3N5O2/c1-17(2)26(34)25-23(19-6-8-22(9-7-19)37-12-10-18(16-33)11-13-37)15-24(28(38)39)36-27(25)35-21-5-3-4-20(14-21)29(30,31)32/h3-9,14-15,17-18,34H,10-13H2,1-2H3,(H,35,36)(H,38,39). The summed E-state index contributed by atoms with van der Waals surface area (Å²) in [5, 5.41) is 30.6. The van der Waals surface area contributed by atoms with E-state index in [9.17, 15) is 23.1 Å². The highest BCUT2D eigenvalue weighted by Crippen LogP contribution is 2.36. The van der Waals surface area contributed by atoms with Crippen molar-refractivity contribution in [2.75, 3.05) is 23.3 Å². The maximum Gasteiger partial charge on any atom is 0.416 e. The third-order valence-corrected chi connectivity index (χ3v) is 6.76. The molecule has 39 heavy (non-hydrogen) atoms. The summed E-state index contributed by atoms with van der Waals surface area (Å²) >= 11 is 0. The Kier molecular flexibility index (Phi) is 7.90. The van der Waals surface area contributed by atoms with Gasteiger partial charge in [0.1, 0.15) is 5.82 Å². The van der Waals surface area contributed by atoms with E-state index in [2.05, 4.69) is 21.3 Å². The summed E-state index contributed by atoms with van der Waals surface area (Å²) in [5.74, 6) is -1.53. The number of halogens is 3. The second kappa shape index (κ2) is 11.2. The van der Waals surface area contributed by atoms with Gasteiger partial charge in [0.05, 0.1) is 11.6 Å². The van der Waals surface area contributed by atoms with Crippen LogP contribution in [-0.2, 0) is 6.18 Å². The fourth-order valence-electron chi connectivity index (χ4n) is 4.56. The van der Waals surface area contributed by atoms with Gasteiger partial charge in [0, 0.05) is 41.7 Å². The summed E-state index contributed by atoms with van der Waals surface area (Å²) in [7, 11) is 0. The number of alkyl halides is 3. The van der Waals surface area contributed by atoms with E-state index in [1.54, 1.807) is 13.8 Å². The zero-order valence-electron chi connectivity index (χ0n) is 21.5. The first-order valence-electron chi connectivity index (χ1n) is 12.5. The first-order chi connectivity index (χ1) is 18.5. The van der Waals surface area contributed by atoms with E-state index < -0.39 is 17.7 Å². The molecule has 3 N–H and O–H groups in total. The number of hydrogen-bond donors (Lipinski definition) is 3. The SMILES string of the molecule is CC(C)C(=N)c1c(-c2ccc(N3CCC(C#N)CC3)cc2)cc(C(=O)O)nc1Nc1cccc(C(F)(F)F)c1. The van der Waals surface area contributed by atoms with Crippen molar-refractivity contribution < 1.29 is 23.1 Å². The van der Waals surface area contributed by atoms with E-state index in [1.807, 2.05) is 24.3 Å². The molecule has 0 unspecified atom stereocenters. The Balaban J connectivity index is 1.79. The van der Waals surface area contributed by atoms with Gasteiger partial charge in [0.2, 0.25) is 0 Å². The van der Waals surface area contributed by atoms with Crippen molar-refractivity contribution in [3.8, 4) is 17.2 Å². The second-order valence-corrected chi connectivity index (χ2v) is 9.79. The number of aromatic nitrogens is 1. The van der Waals surface area contributed by atoms with Crippen LogP contribution in [0.1, 0.15) is 48.3 Å². The molecule has 4 rings (SSSR count). The van der Waals surface area contributed by atoms with Crippen molar-refractivity contribution in [1.29, 1.82) is 10.7 Å². The molecule has 2 aromatic carbocycles. The molecule has 0 saturated carbocycles. The average molecular weight is 536 g/mol. The van der Waals surface area contributed by atoms with Gasteiger partial charge in [-0.3, -0.25) is 0 Å². The maximum atomic E-state index is 13.3. The Morgan fingerprint density at radius 1 is 1.15 bits per heavy atom. The molecule has 2 heterocycles. The van der Waals surface area contributed by atoms with E-state index in [0.29, 0.717) is 16.7 Å². The van der Waals surface area contributed by atoms with Gasteiger partial charge in [-0.25, -0.2) is 9.78 Å². The molecule has 1 aliphatic heterocycles. The number of pyridine rings is 1. The molecule has 202 valence electrons. The second-order valence-electron chi connectivity index (χ2n) is 9.79. The third-order valence-electron chi connectivity index (χ3n) is 6.76. The Morgan fingerprint density at radius 3 is 2.38 bits per heavy atom. The number of piperidine rings is 1. The lowest BCUT2D eigenvalue weighted by Crippen LogP contribution is -2.33. The topological polar surface area (TPSA) is 113 Å². The van der Waals surface area contributed by atoms with Crippen LogP contribution in [0.25, 0.3) is 11.1 Å². The highest BCUT2D eigenvalue weighted by Gasteiger charge is 2.31. The molecule has 1 saturated heterocycles. The van der Waals surface area contributed by atoms with Crippen LogP contribution < -0.4 is 10.2 Å². The normalized spacial score (nSPS) is 14.2. The molecule has 0 radical (unpaired) electrons. The molecular formula is C29H28F3N5O2. The fourth-order valence-corrected chi connectivity index (χ4v) is 4.56. The number of nitriles is 1.